The van der Waals surface area contributed by atoms with Crippen LogP contribution in [0.5, 0.6) is 0 Å². The summed E-state index contributed by atoms with van der Waals surface area (Å²) in [5.41, 5.74) is 3.08. The number of benzene rings is 1. The third-order valence-corrected chi connectivity index (χ3v) is 4.46. The van der Waals surface area contributed by atoms with Crippen LogP contribution in [-0.4, -0.2) is 27.3 Å². The van der Waals surface area contributed by atoms with Gasteiger partial charge in [0.05, 0.1) is 12.2 Å². The van der Waals surface area contributed by atoms with E-state index in [0.717, 1.165) is 19.4 Å². The Morgan fingerprint density at radius 1 is 1.17 bits per heavy atom. The molecule has 1 fully saturated rings. The van der Waals surface area contributed by atoms with E-state index in [4.69, 9.17) is 0 Å². The smallest absolute Gasteiger partial charge is 0.274 e. The van der Waals surface area contributed by atoms with Crippen LogP contribution in [0.25, 0.3) is 0 Å². The van der Waals surface area contributed by atoms with Crippen LogP contribution in [0, 0.1) is 0 Å². The zero-order chi connectivity index (χ0) is 16.4. The molecule has 2 heterocycles. The predicted molar refractivity (Wildman–Crippen MR) is 90.2 cm³/mol. The molecule has 4 nitrogen and oxygen atoms in total. The predicted octanol–water partition coefficient (Wildman–Crippen LogP) is 3.75. The largest absolute Gasteiger partial charge is 0.330 e. The standard InChI is InChI=1S/C19H23N3O/c1-19(2,3)15-8-6-14(7-9-15)17-5-4-12-22(17)18(23)16-13-20-10-11-21-16/h6-11,13,17H,4-5,12H2,1-3H3. The molecule has 1 saturated heterocycles. The van der Waals surface area contributed by atoms with Gasteiger partial charge in [0.2, 0.25) is 0 Å². The van der Waals surface area contributed by atoms with Crippen LogP contribution in [0.3, 0.4) is 0 Å². The zero-order valence-electron chi connectivity index (χ0n) is 14.0. The summed E-state index contributed by atoms with van der Waals surface area (Å²) in [6.45, 7) is 7.41. The minimum atomic E-state index is -0.0273. The highest BCUT2D eigenvalue weighted by Crippen LogP contribution is 2.34. The summed E-state index contributed by atoms with van der Waals surface area (Å²) in [5, 5.41) is 0. The number of carbonyl (C=O) groups excluding carboxylic acids is 1. The Balaban J connectivity index is 1.83. The van der Waals surface area contributed by atoms with E-state index in [-0.39, 0.29) is 17.4 Å². The maximum Gasteiger partial charge on any atom is 0.274 e. The number of aromatic nitrogens is 2. The monoisotopic (exact) mass is 309 g/mol. The summed E-state index contributed by atoms with van der Waals surface area (Å²) in [5.74, 6) is -0.0273. The van der Waals surface area contributed by atoms with Crippen molar-refractivity contribution >= 4 is 5.91 Å². The molecule has 4 heteroatoms. The second-order valence-electron chi connectivity index (χ2n) is 7.12. The normalized spacial score (nSPS) is 18.2. The molecule has 1 atom stereocenters. The lowest BCUT2D eigenvalue weighted by Crippen LogP contribution is -2.31. The summed E-state index contributed by atoms with van der Waals surface area (Å²) < 4.78 is 0. The van der Waals surface area contributed by atoms with E-state index in [1.807, 2.05) is 4.90 Å². The summed E-state index contributed by atoms with van der Waals surface area (Å²) >= 11 is 0. The van der Waals surface area contributed by atoms with Crippen molar-refractivity contribution in [3.05, 3.63) is 59.7 Å². The van der Waals surface area contributed by atoms with E-state index >= 15 is 0 Å². The lowest BCUT2D eigenvalue weighted by atomic mass is 9.86. The highest BCUT2D eigenvalue weighted by atomic mass is 16.2. The highest BCUT2D eigenvalue weighted by Gasteiger charge is 2.31. The first-order chi connectivity index (χ1) is 11.0. The molecule has 1 aromatic heterocycles. The molecule has 0 saturated carbocycles. The molecule has 1 amide bonds. The number of amides is 1. The number of carbonyl (C=O) groups is 1. The second kappa shape index (κ2) is 6.11. The van der Waals surface area contributed by atoms with E-state index in [1.165, 1.54) is 11.1 Å². The first-order valence-corrected chi connectivity index (χ1v) is 8.14. The highest BCUT2D eigenvalue weighted by molar-refractivity contribution is 5.92. The first kappa shape index (κ1) is 15.7. The molecule has 23 heavy (non-hydrogen) atoms. The van der Waals surface area contributed by atoms with Gasteiger partial charge in [-0.15, -0.1) is 0 Å². The van der Waals surface area contributed by atoms with Gasteiger partial charge >= 0.3 is 0 Å². The Morgan fingerprint density at radius 2 is 1.91 bits per heavy atom. The Labute approximate surface area is 137 Å². The second-order valence-corrected chi connectivity index (χ2v) is 7.12. The average Bonchev–Trinajstić information content (AvgIpc) is 3.04. The summed E-state index contributed by atoms with van der Waals surface area (Å²) in [4.78, 5) is 22.8. The van der Waals surface area contributed by atoms with Gasteiger partial charge in [-0.05, 0) is 29.4 Å². The van der Waals surface area contributed by atoms with E-state index in [9.17, 15) is 4.79 Å². The molecule has 1 aromatic carbocycles. The van der Waals surface area contributed by atoms with E-state index in [0.29, 0.717) is 5.69 Å². The topological polar surface area (TPSA) is 46.1 Å². The molecule has 3 rings (SSSR count). The third kappa shape index (κ3) is 3.26. The van der Waals surface area contributed by atoms with Crippen molar-refractivity contribution in [2.24, 2.45) is 0 Å². The van der Waals surface area contributed by atoms with Crippen LogP contribution in [0.1, 0.15) is 61.3 Å². The van der Waals surface area contributed by atoms with Gasteiger partial charge in [0.1, 0.15) is 5.69 Å². The van der Waals surface area contributed by atoms with Crippen LogP contribution in [0.2, 0.25) is 0 Å². The molecule has 1 aliphatic heterocycles. The Morgan fingerprint density at radius 3 is 2.52 bits per heavy atom. The van der Waals surface area contributed by atoms with E-state index in [2.05, 4.69) is 55.0 Å². The summed E-state index contributed by atoms with van der Waals surface area (Å²) in [6.07, 6.45) is 6.72. The maximum atomic E-state index is 12.7. The lowest BCUT2D eigenvalue weighted by molar-refractivity contribution is 0.0729. The quantitative estimate of drug-likeness (QED) is 0.848. The molecule has 0 bridgehead atoms. The van der Waals surface area contributed by atoms with Crippen LogP contribution in [0.15, 0.2) is 42.9 Å². The number of nitrogens with zero attached hydrogens (tertiary/aromatic N) is 3. The van der Waals surface area contributed by atoms with Crippen molar-refractivity contribution < 1.29 is 4.79 Å². The van der Waals surface area contributed by atoms with Gasteiger partial charge in [-0.1, -0.05) is 45.0 Å². The molecule has 1 aliphatic rings. The number of rotatable bonds is 2. The SMILES string of the molecule is CC(C)(C)c1ccc(C2CCCN2C(=O)c2cnccn2)cc1. The lowest BCUT2D eigenvalue weighted by Gasteiger charge is -2.26. The minimum Gasteiger partial charge on any atom is -0.330 e. The molecule has 0 aliphatic carbocycles. The zero-order valence-corrected chi connectivity index (χ0v) is 14.0. The molecule has 0 spiro atoms. The van der Waals surface area contributed by atoms with E-state index in [1.54, 1.807) is 18.6 Å². The number of hydrogen-bond acceptors (Lipinski definition) is 3. The summed E-state index contributed by atoms with van der Waals surface area (Å²) in [6, 6.07) is 8.82. The fourth-order valence-electron chi connectivity index (χ4n) is 3.12. The van der Waals surface area contributed by atoms with Gasteiger partial charge in [0.25, 0.3) is 5.91 Å². The van der Waals surface area contributed by atoms with Crippen molar-refractivity contribution in [1.82, 2.24) is 14.9 Å². The third-order valence-electron chi connectivity index (χ3n) is 4.46. The minimum absolute atomic E-state index is 0.0273. The average molecular weight is 309 g/mol. The van der Waals surface area contributed by atoms with Crippen LogP contribution < -0.4 is 0 Å². The van der Waals surface area contributed by atoms with Crippen LogP contribution in [0.4, 0.5) is 0 Å². The molecule has 0 radical (unpaired) electrons. The molecular formula is C19H23N3O. The molecule has 0 N–H and O–H groups in total. The summed E-state index contributed by atoms with van der Waals surface area (Å²) in [7, 11) is 0. The number of hydrogen-bond donors (Lipinski definition) is 0. The van der Waals surface area contributed by atoms with Crippen molar-refractivity contribution in [2.75, 3.05) is 6.54 Å². The fraction of sp³-hybridized carbons (Fsp3) is 0.421. The van der Waals surface area contributed by atoms with Crippen LogP contribution >= 0.6 is 0 Å². The van der Waals surface area contributed by atoms with Gasteiger partial charge in [-0.3, -0.25) is 9.78 Å². The van der Waals surface area contributed by atoms with Gasteiger partial charge in [-0.25, -0.2) is 4.98 Å². The van der Waals surface area contributed by atoms with Crippen molar-refractivity contribution in [3.8, 4) is 0 Å². The molecular weight excluding hydrogens is 286 g/mol. The van der Waals surface area contributed by atoms with Crippen molar-refractivity contribution in [1.29, 1.82) is 0 Å². The fourth-order valence-corrected chi connectivity index (χ4v) is 3.12. The van der Waals surface area contributed by atoms with Crippen LogP contribution in [-0.2, 0) is 5.41 Å². The molecule has 1 unspecified atom stereocenters. The van der Waals surface area contributed by atoms with Gasteiger partial charge in [-0.2, -0.15) is 0 Å². The van der Waals surface area contributed by atoms with Gasteiger partial charge in [0, 0.05) is 18.9 Å². The Kier molecular flexibility index (Phi) is 4.16. The van der Waals surface area contributed by atoms with Crippen molar-refractivity contribution in [2.45, 2.75) is 45.1 Å². The molecule has 2 aromatic rings. The van der Waals surface area contributed by atoms with Gasteiger partial charge in [0.15, 0.2) is 0 Å². The first-order valence-electron chi connectivity index (χ1n) is 8.14. The maximum absolute atomic E-state index is 12.7. The van der Waals surface area contributed by atoms with Crippen molar-refractivity contribution in [3.63, 3.8) is 0 Å². The Bertz CT molecular complexity index is 674. The number of likely N-dealkylation sites (tertiary alicyclic amines) is 1. The Hall–Kier alpha value is -2.23. The van der Waals surface area contributed by atoms with E-state index < -0.39 is 0 Å². The van der Waals surface area contributed by atoms with Gasteiger partial charge < -0.3 is 4.90 Å². The molecule has 120 valence electrons.